The normalized spacial score (nSPS) is 12.9. The lowest BCUT2D eigenvalue weighted by Gasteiger charge is -2.19. The summed E-state index contributed by atoms with van der Waals surface area (Å²) in [7, 11) is 0. The number of alkyl halides is 1. The Bertz CT molecular complexity index is 337. The third-order valence-corrected chi connectivity index (χ3v) is 4.07. The largest absolute Gasteiger partial charge is 0.493 e. The van der Waals surface area contributed by atoms with Crippen LogP contribution in [-0.4, -0.2) is 11.9 Å². The lowest BCUT2D eigenvalue weighted by atomic mass is 9.99. The first-order chi connectivity index (χ1) is 7.54. The Hall–Kier alpha value is -0.0200. The van der Waals surface area contributed by atoms with Crippen LogP contribution in [0.1, 0.15) is 19.4 Å². The number of hydrogen-bond donors (Lipinski definition) is 0. The SMILES string of the molecule is Cc1ccc(Br)cc1OCC(CBr)C(C)C. The predicted octanol–water partition coefficient (Wildman–Crippen LogP) is 4.80. The maximum atomic E-state index is 5.87. The highest BCUT2D eigenvalue weighted by molar-refractivity contribution is 9.10. The number of benzene rings is 1. The van der Waals surface area contributed by atoms with Gasteiger partial charge in [0.25, 0.3) is 0 Å². The van der Waals surface area contributed by atoms with Crippen molar-refractivity contribution in [3.8, 4) is 5.75 Å². The molecule has 1 atom stereocenters. The summed E-state index contributed by atoms with van der Waals surface area (Å²) in [5.74, 6) is 2.16. The van der Waals surface area contributed by atoms with Crippen molar-refractivity contribution in [3.05, 3.63) is 28.2 Å². The van der Waals surface area contributed by atoms with Crippen LogP contribution in [-0.2, 0) is 0 Å². The third-order valence-electron chi connectivity index (χ3n) is 2.74. The van der Waals surface area contributed by atoms with Crippen LogP contribution in [0.2, 0.25) is 0 Å². The van der Waals surface area contributed by atoms with Gasteiger partial charge in [-0.05, 0) is 30.5 Å². The maximum absolute atomic E-state index is 5.87. The van der Waals surface area contributed by atoms with E-state index in [1.165, 1.54) is 5.56 Å². The molecule has 0 saturated carbocycles. The first-order valence-corrected chi connectivity index (χ1v) is 7.41. The van der Waals surface area contributed by atoms with Crippen LogP contribution in [0.5, 0.6) is 5.75 Å². The zero-order valence-corrected chi connectivity index (χ0v) is 13.1. The summed E-state index contributed by atoms with van der Waals surface area (Å²) in [5.41, 5.74) is 1.18. The molecule has 1 aromatic rings. The smallest absolute Gasteiger partial charge is 0.123 e. The van der Waals surface area contributed by atoms with E-state index in [4.69, 9.17) is 4.74 Å². The van der Waals surface area contributed by atoms with Gasteiger partial charge in [-0.2, -0.15) is 0 Å². The summed E-state index contributed by atoms with van der Waals surface area (Å²) in [6.45, 7) is 7.28. The quantitative estimate of drug-likeness (QED) is 0.693. The van der Waals surface area contributed by atoms with E-state index in [0.717, 1.165) is 22.2 Å². The summed E-state index contributed by atoms with van der Waals surface area (Å²) in [6.07, 6.45) is 0. The highest BCUT2D eigenvalue weighted by atomic mass is 79.9. The molecule has 0 aliphatic heterocycles. The Morgan fingerprint density at radius 1 is 1.31 bits per heavy atom. The monoisotopic (exact) mass is 348 g/mol. The summed E-state index contributed by atoms with van der Waals surface area (Å²) in [4.78, 5) is 0. The molecule has 0 amide bonds. The second kappa shape index (κ2) is 6.65. The molecule has 1 nitrogen and oxygen atoms in total. The van der Waals surface area contributed by atoms with E-state index in [-0.39, 0.29) is 0 Å². The molecular formula is C13H18Br2O. The van der Waals surface area contributed by atoms with Gasteiger partial charge >= 0.3 is 0 Å². The summed E-state index contributed by atoms with van der Waals surface area (Å²) < 4.78 is 6.93. The van der Waals surface area contributed by atoms with Gasteiger partial charge in [0.15, 0.2) is 0 Å². The van der Waals surface area contributed by atoms with Gasteiger partial charge in [-0.15, -0.1) is 0 Å². The van der Waals surface area contributed by atoms with Crippen LogP contribution >= 0.6 is 31.9 Å². The van der Waals surface area contributed by atoms with Gasteiger partial charge in [0.1, 0.15) is 5.75 Å². The summed E-state index contributed by atoms with van der Waals surface area (Å²) in [5, 5.41) is 0.984. The third kappa shape index (κ3) is 4.10. The molecule has 0 aliphatic carbocycles. The van der Waals surface area contributed by atoms with E-state index >= 15 is 0 Å². The van der Waals surface area contributed by atoms with Crippen LogP contribution in [0, 0.1) is 18.8 Å². The van der Waals surface area contributed by atoms with Crippen molar-refractivity contribution in [1.29, 1.82) is 0 Å². The molecule has 0 aliphatic rings. The molecule has 0 fully saturated rings. The minimum Gasteiger partial charge on any atom is -0.493 e. The van der Waals surface area contributed by atoms with Gasteiger partial charge in [-0.25, -0.2) is 0 Å². The summed E-state index contributed by atoms with van der Waals surface area (Å²) >= 11 is 6.99. The van der Waals surface area contributed by atoms with Crippen molar-refractivity contribution in [2.24, 2.45) is 11.8 Å². The topological polar surface area (TPSA) is 9.23 Å². The number of aryl methyl sites for hydroxylation is 1. The van der Waals surface area contributed by atoms with E-state index in [9.17, 15) is 0 Å². The summed E-state index contributed by atoms with van der Waals surface area (Å²) in [6, 6.07) is 6.13. The van der Waals surface area contributed by atoms with Crippen molar-refractivity contribution in [2.75, 3.05) is 11.9 Å². The van der Waals surface area contributed by atoms with E-state index < -0.39 is 0 Å². The first kappa shape index (κ1) is 14.0. The first-order valence-electron chi connectivity index (χ1n) is 5.49. The second-order valence-corrected chi connectivity index (χ2v) is 5.94. The Balaban J connectivity index is 2.63. The molecule has 1 unspecified atom stereocenters. The molecule has 16 heavy (non-hydrogen) atoms. The average Bonchev–Trinajstić information content (AvgIpc) is 2.23. The van der Waals surface area contributed by atoms with Crippen molar-refractivity contribution in [3.63, 3.8) is 0 Å². The van der Waals surface area contributed by atoms with Crippen molar-refractivity contribution >= 4 is 31.9 Å². The van der Waals surface area contributed by atoms with Crippen LogP contribution in [0.15, 0.2) is 22.7 Å². The minimum absolute atomic E-state index is 0.554. The zero-order valence-electron chi connectivity index (χ0n) is 9.97. The Labute approximate surface area is 115 Å². The molecule has 0 N–H and O–H groups in total. The molecule has 0 radical (unpaired) electrons. The highest BCUT2D eigenvalue weighted by Gasteiger charge is 2.13. The molecule has 1 rings (SSSR count). The fourth-order valence-corrected chi connectivity index (χ4v) is 2.62. The Morgan fingerprint density at radius 2 is 2.00 bits per heavy atom. The molecule has 1 aromatic carbocycles. The van der Waals surface area contributed by atoms with Crippen LogP contribution < -0.4 is 4.74 Å². The molecule has 0 bridgehead atoms. The highest BCUT2D eigenvalue weighted by Crippen LogP contribution is 2.24. The van der Waals surface area contributed by atoms with E-state index in [2.05, 4.69) is 58.7 Å². The zero-order chi connectivity index (χ0) is 12.1. The van der Waals surface area contributed by atoms with Crippen LogP contribution in [0.3, 0.4) is 0 Å². The van der Waals surface area contributed by atoms with Gasteiger partial charge in [-0.3, -0.25) is 0 Å². The fraction of sp³-hybridized carbons (Fsp3) is 0.538. The molecule has 3 heteroatoms. The number of hydrogen-bond acceptors (Lipinski definition) is 1. The van der Waals surface area contributed by atoms with Gasteiger partial charge in [0.2, 0.25) is 0 Å². The van der Waals surface area contributed by atoms with E-state index in [0.29, 0.717) is 11.8 Å². The van der Waals surface area contributed by atoms with Crippen molar-refractivity contribution in [2.45, 2.75) is 20.8 Å². The maximum Gasteiger partial charge on any atom is 0.123 e. The Morgan fingerprint density at radius 3 is 2.56 bits per heavy atom. The van der Waals surface area contributed by atoms with Gasteiger partial charge in [0, 0.05) is 15.7 Å². The van der Waals surface area contributed by atoms with Gasteiger partial charge in [0.05, 0.1) is 6.61 Å². The van der Waals surface area contributed by atoms with Gasteiger partial charge in [-0.1, -0.05) is 51.8 Å². The van der Waals surface area contributed by atoms with Gasteiger partial charge < -0.3 is 4.74 Å². The molecule has 0 saturated heterocycles. The molecule has 0 heterocycles. The van der Waals surface area contributed by atoms with Crippen molar-refractivity contribution < 1.29 is 4.74 Å². The number of ether oxygens (including phenoxy) is 1. The van der Waals surface area contributed by atoms with E-state index in [1.807, 2.05) is 12.1 Å². The second-order valence-electron chi connectivity index (χ2n) is 4.38. The van der Waals surface area contributed by atoms with Crippen molar-refractivity contribution in [1.82, 2.24) is 0 Å². The average molecular weight is 350 g/mol. The Kier molecular flexibility index (Phi) is 5.84. The van der Waals surface area contributed by atoms with Crippen LogP contribution in [0.4, 0.5) is 0 Å². The lowest BCUT2D eigenvalue weighted by Crippen LogP contribution is -2.19. The fourth-order valence-electron chi connectivity index (χ4n) is 1.34. The molecular weight excluding hydrogens is 332 g/mol. The predicted molar refractivity (Wildman–Crippen MR) is 76.5 cm³/mol. The standard InChI is InChI=1S/C13H18Br2O/c1-9(2)11(7-14)8-16-13-6-12(15)5-4-10(13)3/h4-6,9,11H,7-8H2,1-3H3. The number of rotatable bonds is 5. The lowest BCUT2D eigenvalue weighted by molar-refractivity contribution is 0.226. The molecule has 0 spiro atoms. The molecule has 90 valence electrons. The molecule has 0 aromatic heterocycles. The minimum atomic E-state index is 0.554. The number of halogens is 2. The van der Waals surface area contributed by atoms with Crippen LogP contribution in [0.25, 0.3) is 0 Å². The van der Waals surface area contributed by atoms with E-state index in [1.54, 1.807) is 0 Å².